The van der Waals surface area contributed by atoms with Gasteiger partial charge in [0, 0.05) is 4.47 Å². The van der Waals surface area contributed by atoms with Crippen LogP contribution in [0.25, 0.3) is 0 Å². The summed E-state index contributed by atoms with van der Waals surface area (Å²) in [6, 6.07) is -0.0125. The van der Waals surface area contributed by atoms with Crippen LogP contribution in [0, 0.1) is 0 Å². The average Bonchev–Trinajstić information content (AvgIpc) is 2.39. The first-order valence-corrected chi connectivity index (χ1v) is 6.95. The van der Waals surface area contributed by atoms with Gasteiger partial charge < -0.3 is 15.4 Å². The molecular formula is C12H11BrClF3N2O3. The van der Waals surface area contributed by atoms with Crippen molar-refractivity contribution in [2.75, 3.05) is 12.4 Å². The highest BCUT2D eigenvalue weighted by molar-refractivity contribution is 9.10. The van der Waals surface area contributed by atoms with E-state index in [2.05, 4.69) is 31.3 Å². The quantitative estimate of drug-likeness (QED) is 0.754. The standard InChI is InChI=1S/C12H11BrClF3N2O3/c1-5(10(20)22-2)18-11(21)19-9-4-8(14)6(3-7(9)13)12(15,16)17/h3-5H,1-2H3,(H2,18,19,21). The molecule has 5 nitrogen and oxygen atoms in total. The van der Waals surface area contributed by atoms with E-state index in [0.29, 0.717) is 0 Å². The fraction of sp³-hybridized carbons (Fsp3) is 0.333. The van der Waals surface area contributed by atoms with Crippen molar-refractivity contribution in [1.82, 2.24) is 5.32 Å². The molecule has 0 saturated heterocycles. The van der Waals surface area contributed by atoms with E-state index in [0.717, 1.165) is 19.2 Å². The van der Waals surface area contributed by atoms with Crippen molar-refractivity contribution in [1.29, 1.82) is 0 Å². The van der Waals surface area contributed by atoms with E-state index >= 15 is 0 Å². The fourth-order valence-corrected chi connectivity index (χ4v) is 2.16. The molecule has 1 atom stereocenters. The lowest BCUT2D eigenvalue weighted by Crippen LogP contribution is -2.41. The number of methoxy groups -OCH3 is 1. The number of ether oxygens (including phenoxy) is 1. The molecule has 2 amide bonds. The molecule has 0 bridgehead atoms. The Bertz CT molecular complexity index is 596. The van der Waals surface area contributed by atoms with E-state index in [9.17, 15) is 22.8 Å². The maximum Gasteiger partial charge on any atom is 0.417 e. The van der Waals surface area contributed by atoms with Crippen LogP contribution >= 0.6 is 27.5 Å². The van der Waals surface area contributed by atoms with Crippen LogP contribution in [-0.2, 0) is 15.7 Å². The monoisotopic (exact) mass is 402 g/mol. The summed E-state index contributed by atoms with van der Waals surface area (Å²) in [5, 5.41) is 3.98. The van der Waals surface area contributed by atoms with E-state index in [1.165, 1.54) is 6.92 Å². The number of nitrogens with one attached hydrogen (secondary N) is 2. The number of benzene rings is 1. The SMILES string of the molecule is COC(=O)C(C)NC(=O)Nc1cc(Cl)c(C(F)(F)F)cc1Br. The van der Waals surface area contributed by atoms with Gasteiger partial charge in [-0.05, 0) is 35.0 Å². The second-order valence-electron chi connectivity index (χ2n) is 4.15. The number of carbonyl (C=O) groups is 2. The van der Waals surface area contributed by atoms with Crippen LogP contribution in [0.15, 0.2) is 16.6 Å². The van der Waals surface area contributed by atoms with Gasteiger partial charge in [-0.25, -0.2) is 9.59 Å². The van der Waals surface area contributed by atoms with Gasteiger partial charge >= 0.3 is 18.2 Å². The number of rotatable bonds is 3. The Balaban J connectivity index is 2.89. The first-order valence-electron chi connectivity index (χ1n) is 5.77. The number of esters is 1. The van der Waals surface area contributed by atoms with Crippen molar-refractivity contribution in [3.63, 3.8) is 0 Å². The third-order valence-electron chi connectivity index (χ3n) is 2.51. The normalized spacial score (nSPS) is 12.5. The molecule has 1 aromatic carbocycles. The van der Waals surface area contributed by atoms with Gasteiger partial charge in [-0.1, -0.05) is 11.6 Å². The lowest BCUT2D eigenvalue weighted by Gasteiger charge is -2.15. The first-order chi connectivity index (χ1) is 10.1. The van der Waals surface area contributed by atoms with Gasteiger partial charge in [0.15, 0.2) is 0 Å². The van der Waals surface area contributed by atoms with Crippen molar-refractivity contribution >= 4 is 45.2 Å². The van der Waals surface area contributed by atoms with Crippen LogP contribution in [0.4, 0.5) is 23.7 Å². The maximum atomic E-state index is 12.7. The number of hydrogen-bond donors (Lipinski definition) is 2. The van der Waals surface area contributed by atoms with Crippen LogP contribution in [0.1, 0.15) is 12.5 Å². The summed E-state index contributed by atoms with van der Waals surface area (Å²) in [6.07, 6.45) is -4.61. The number of urea groups is 1. The third-order valence-corrected chi connectivity index (χ3v) is 3.48. The van der Waals surface area contributed by atoms with Crippen molar-refractivity contribution < 1.29 is 27.5 Å². The van der Waals surface area contributed by atoms with Gasteiger partial charge in [0.1, 0.15) is 6.04 Å². The van der Waals surface area contributed by atoms with Crippen molar-refractivity contribution in [2.24, 2.45) is 0 Å². The predicted octanol–water partition coefficient (Wildman–Crippen LogP) is 3.80. The molecule has 0 fully saturated rings. The summed E-state index contributed by atoms with van der Waals surface area (Å²) < 4.78 is 42.4. The smallest absolute Gasteiger partial charge is 0.417 e. The van der Waals surface area contributed by atoms with Crippen LogP contribution in [-0.4, -0.2) is 25.2 Å². The summed E-state index contributed by atoms with van der Waals surface area (Å²) in [7, 11) is 1.16. The lowest BCUT2D eigenvalue weighted by molar-refractivity contribution is -0.142. The zero-order chi connectivity index (χ0) is 17.1. The van der Waals surface area contributed by atoms with Gasteiger partial charge in [-0.15, -0.1) is 0 Å². The number of amides is 2. The topological polar surface area (TPSA) is 67.4 Å². The summed E-state index contributed by atoms with van der Waals surface area (Å²) in [5.74, 6) is -0.667. The van der Waals surface area contributed by atoms with E-state index in [1.807, 2.05) is 0 Å². The summed E-state index contributed by atoms with van der Waals surface area (Å²) in [4.78, 5) is 22.8. The van der Waals surface area contributed by atoms with Crippen LogP contribution < -0.4 is 10.6 Å². The molecular weight excluding hydrogens is 392 g/mol. The van der Waals surface area contributed by atoms with E-state index in [4.69, 9.17) is 11.6 Å². The lowest BCUT2D eigenvalue weighted by atomic mass is 10.2. The molecule has 0 aliphatic heterocycles. The molecule has 0 heterocycles. The van der Waals surface area contributed by atoms with E-state index < -0.39 is 34.8 Å². The van der Waals surface area contributed by atoms with Gasteiger partial charge in [-0.2, -0.15) is 13.2 Å². The molecule has 2 N–H and O–H groups in total. The first kappa shape index (κ1) is 18.6. The molecule has 0 aromatic heterocycles. The Labute approximate surface area is 137 Å². The second kappa shape index (κ2) is 7.19. The summed E-state index contributed by atoms with van der Waals surface area (Å²) >= 11 is 8.48. The van der Waals surface area contributed by atoms with Crippen LogP contribution in [0.3, 0.4) is 0 Å². The van der Waals surface area contributed by atoms with Gasteiger partial charge in [0.2, 0.25) is 0 Å². The minimum absolute atomic E-state index is 0.00917. The highest BCUT2D eigenvalue weighted by atomic mass is 79.9. The number of anilines is 1. The van der Waals surface area contributed by atoms with Gasteiger partial charge in [0.05, 0.1) is 23.4 Å². The van der Waals surface area contributed by atoms with Crippen LogP contribution in [0.5, 0.6) is 0 Å². The Hall–Kier alpha value is -1.48. The largest absolute Gasteiger partial charge is 0.467 e. The Morgan fingerprint density at radius 2 is 1.95 bits per heavy atom. The number of alkyl halides is 3. The van der Waals surface area contributed by atoms with Crippen molar-refractivity contribution in [2.45, 2.75) is 19.1 Å². The van der Waals surface area contributed by atoms with Crippen LogP contribution in [0.2, 0.25) is 5.02 Å². The zero-order valence-corrected chi connectivity index (χ0v) is 13.7. The fourth-order valence-electron chi connectivity index (χ4n) is 1.45. The number of hydrogen-bond acceptors (Lipinski definition) is 3. The molecule has 0 radical (unpaired) electrons. The highest BCUT2D eigenvalue weighted by Gasteiger charge is 2.34. The minimum Gasteiger partial charge on any atom is -0.467 e. The molecule has 1 rings (SSSR count). The molecule has 0 spiro atoms. The predicted molar refractivity (Wildman–Crippen MR) is 77.8 cm³/mol. The average molecular weight is 404 g/mol. The van der Waals surface area contributed by atoms with E-state index in [1.54, 1.807) is 0 Å². The number of carbonyl (C=O) groups excluding carboxylic acids is 2. The van der Waals surface area contributed by atoms with Crippen molar-refractivity contribution in [3.05, 3.63) is 27.2 Å². The van der Waals surface area contributed by atoms with E-state index in [-0.39, 0.29) is 10.2 Å². The second-order valence-corrected chi connectivity index (χ2v) is 5.41. The zero-order valence-electron chi connectivity index (χ0n) is 11.3. The summed E-state index contributed by atoms with van der Waals surface area (Å²) in [5.41, 5.74) is -1.01. The maximum absolute atomic E-state index is 12.7. The Morgan fingerprint density at radius 1 is 1.36 bits per heavy atom. The molecule has 22 heavy (non-hydrogen) atoms. The molecule has 0 saturated carbocycles. The molecule has 122 valence electrons. The molecule has 1 unspecified atom stereocenters. The molecule has 10 heteroatoms. The Morgan fingerprint density at radius 3 is 2.45 bits per heavy atom. The molecule has 0 aliphatic carbocycles. The third kappa shape index (κ3) is 4.77. The van der Waals surface area contributed by atoms with Gasteiger partial charge in [-0.3, -0.25) is 0 Å². The summed E-state index contributed by atoms with van der Waals surface area (Å²) in [6.45, 7) is 1.39. The molecule has 0 aliphatic rings. The minimum atomic E-state index is -4.61. The Kier molecular flexibility index (Phi) is 6.07. The number of halogens is 5. The molecule has 1 aromatic rings. The highest BCUT2D eigenvalue weighted by Crippen LogP contribution is 2.39. The van der Waals surface area contributed by atoms with Gasteiger partial charge in [0.25, 0.3) is 0 Å². The van der Waals surface area contributed by atoms with Crippen molar-refractivity contribution in [3.8, 4) is 0 Å².